The highest BCUT2D eigenvalue weighted by Gasteiger charge is 2.26. The predicted molar refractivity (Wildman–Crippen MR) is 62.0 cm³/mol. The molecule has 0 rings (SSSR count). The number of aliphatic hydroxyl groups is 2. The minimum Gasteiger partial charge on any atom is -0.458 e. The summed E-state index contributed by atoms with van der Waals surface area (Å²) in [7, 11) is 0. The van der Waals surface area contributed by atoms with E-state index < -0.39 is 23.3 Å². The minimum atomic E-state index is -1.16. The fraction of sp³-hybridized carbons (Fsp3) is 0.917. The van der Waals surface area contributed by atoms with Gasteiger partial charge in [0.1, 0.15) is 5.60 Å². The highest BCUT2D eigenvalue weighted by atomic mass is 16.6. The second-order valence-corrected chi connectivity index (χ2v) is 5.44. The van der Waals surface area contributed by atoms with Crippen LogP contribution in [0.1, 0.15) is 53.9 Å². The lowest BCUT2D eigenvalue weighted by Crippen LogP contribution is -2.33. The van der Waals surface area contributed by atoms with Gasteiger partial charge in [-0.15, -0.1) is 0 Å². The molecule has 0 aromatic rings. The summed E-state index contributed by atoms with van der Waals surface area (Å²) in [6, 6.07) is 0. The molecular weight excluding hydrogens is 208 g/mol. The van der Waals surface area contributed by atoms with Crippen molar-refractivity contribution >= 4 is 5.97 Å². The van der Waals surface area contributed by atoms with E-state index in [-0.39, 0.29) is 6.42 Å². The zero-order valence-electron chi connectivity index (χ0n) is 10.9. The van der Waals surface area contributed by atoms with Gasteiger partial charge in [0.15, 0.2) is 6.10 Å². The molecule has 2 N–H and O–H groups in total. The molecule has 0 amide bonds. The van der Waals surface area contributed by atoms with Gasteiger partial charge < -0.3 is 14.9 Å². The van der Waals surface area contributed by atoms with Crippen molar-refractivity contribution in [1.82, 2.24) is 0 Å². The fourth-order valence-electron chi connectivity index (χ4n) is 1.11. The fourth-order valence-corrected chi connectivity index (χ4v) is 1.11. The Morgan fingerprint density at radius 1 is 1.31 bits per heavy atom. The maximum Gasteiger partial charge on any atom is 0.335 e. The minimum absolute atomic E-state index is 0.218. The van der Waals surface area contributed by atoms with Crippen LogP contribution < -0.4 is 0 Å². The Labute approximate surface area is 97.6 Å². The monoisotopic (exact) mass is 232 g/mol. The van der Waals surface area contributed by atoms with E-state index in [9.17, 15) is 15.0 Å². The molecule has 4 nitrogen and oxygen atoms in total. The Kier molecular flexibility index (Phi) is 5.42. The lowest BCUT2D eigenvalue weighted by atomic mass is 9.95. The molecule has 0 heterocycles. The van der Waals surface area contributed by atoms with E-state index in [0.29, 0.717) is 12.8 Å². The molecule has 1 unspecified atom stereocenters. The first-order valence-corrected chi connectivity index (χ1v) is 5.71. The van der Waals surface area contributed by atoms with Crippen LogP contribution in [-0.4, -0.2) is 33.5 Å². The van der Waals surface area contributed by atoms with Crippen molar-refractivity contribution in [2.24, 2.45) is 0 Å². The van der Waals surface area contributed by atoms with Crippen LogP contribution in [0.25, 0.3) is 0 Å². The first-order valence-electron chi connectivity index (χ1n) is 5.71. The van der Waals surface area contributed by atoms with E-state index in [2.05, 4.69) is 0 Å². The van der Waals surface area contributed by atoms with Gasteiger partial charge in [-0.05, 0) is 47.0 Å². The van der Waals surface area contributed by atoms with E-state index >= 15 is 0 Å². The van der Waals surface area contributed by atoms with Crippen molar-refractivity contribution < 1.29 is 19.7 Å². The second-order valence-electron chi connectivity index (χ2n) is 5.44. The van der Waals surface area contributed by atoms with Crippen LogP contribution >= 0.6 is 0 Å². The molecule has 96 valence electrons. The first kappa shape index (κ1) is 15.4. The lowest BCUT2D eigenvalue weighted by Gasteiger charge is -2.24. The number of esters is 1. The number of rotatable bonds is 5. The Balaban J connectivity index is 4.08. The molecule has 0 aliphatic carbocycles. The highest BCUT2D eigenvalue weighted by Crippen LogP contribution is 2.18. The molecule has 16 heavy (non-hydrogen) atoms. The van der Waals surface area contributed by atoms with Crippen molar-refractivity contribution in [2.45, 2.75) is 71.2 Å². The SMILES string of the molecule is CC[C@](C)(O)CCC(O)C(=O)OC(C)(C)C. The number of hydrogen-bond donors (Lipinski definition) is 2. The largest absolute Gasteiger partial charge is 0.458 e. The highest BCUT2D eigenvalue weighted by molar-refractivity contribution is 5.74. The summed E-state index contributed by atoms with van der Waals surface area (Å²) in [5.74, 6) is -0.626. The summed E-state index contributed by atoms with van der Waals surface area (Å²) in [5, 5.41) is 19.3. The quantitative estimate of drug-likeness (QED) is 0.707. The van der Waals surface area contributed by atoms with Gasteiger partial charge >= 0.3 is 5.97 Å². The Morgan fingerprint density at radius 3 is 2.19 bits per heavy atom. The summed E-state index contributed by atoms with van der Waals surface area (Å²) < 4.78 is 5.03. The number of carbonyl (C=O) groups is 1. The van der Waals surface area contributed by atoms with Gasteiger partial charge in [0.2, 0.25) is 0 Å². The molecule has 0 bridgehead atoms. The number of aliphatic hydroxyl groups excluding tert-OH is 1. The maximum atomic E-state index is 11.4. The molecule has 0 spiro atoms. The number of carbonyl (C=O) groups excluding carboxylic acids is 1. The molecular formula is C12H24O4. The van der Waals surface area contributed by atoms with Crippen LogP contribution in [0.3, 0.4) is 0 Å². The topological polar surface area (TPSA) is 66.8 Å². The second kappa shape index (κ2) is 5.64. The Morgan fingerprint density at radius 2 is 1.81 bits per heavy atom. The number of ether oxygens (including phenoxy) is 1. The normalized spacial score (nSPS) is 17.7. The molecule has 4 heteroatoms. The Bertz CT molecular complexity index is 228. The average molecular weight is 232 g/mol. The third-order valence-electron chi connectivity index (χ3n) is 2.40. The molecule has 0 aromatic heterocycles. The first-order chi connectivity index (χ1) is 7.07. The van der Waals surface area contributed by atoms with Gasteiger partial charge in [-0.2, -0.15) is 0 Å². The van der Waals surface area contributed by atoms with Crippen molar-refractivity contribution in [3.63, 3.8) is 0 Å². The zero-order valence-corrected chi connectivity index (χ0v) is 10.9. The van der Waals surface area contributed by atoms with Crippen LogP contribution in [0.5, 0.6) is 0 Å². The van der Waals surface area contributed by atoms with Gasteiger partial charge in [-0.1, -0.05) is 6.92 Å². The maximum absolute atomic E-state index is 11.4. The molecule has 0 saturated carbocycles. The standard InChI is InChI=1S/C12H24O4/c1-6-12(5,15)8-7-9(13)10(14)16-11(2,3)4/h9,13,15H,6-8H2,1-5H3/t9?,12-/m0/s1. The Hall–Kier alpha value is -0.610. The summed E-state index contributed by atoms with van der Waals surface area (Å²) >= 11 is 0. The molecule has 0 aliphatic rings. The summed E-state index contributed by atoms with van der Waals surface area (Å²) in [4.78, 5) is 11.4. The third kappa shape index (κ3) is 6.80. The summed E-state index contributed by atoms with van der Waals surface area (Å²) in [6.45, 7) is 8.80. The van der Waals surface area contributed by atoms with Crippen LogP contribution in [0.4, 0.5) is 0 Å². The van der Waals surface area contributed by atoms with Crippen LogP contribution in [0, 0.1) is 0 Å². The average Bonchev–Trinajstić information content (AvgIpc) is 2.11. The zero-order chi connectivity index (χ0) is 13.0. The molecule has 2 atom stereocenters. The van der Waals surface area contributed by atoms with Gasteiger partial charge in [0.25, 0.3) is 0 Å². The van der Waals surface area contributed by atoms with Crippen molar-refractivity contribution in [3.05, 3.63) is 0 Å². The van der Waals surface area contributed by atoms with Gasteiger partial charge in [0.05, 0.1) is 5.60 Å². The molecule has 0 saturated heterocycles. The molecule has 0 aliphatic heterocycles. The third-order valence-corrected chi connectivity index (χ3v) is 2.40. The van der Waals surface area contributed by atoms with E-state index in [1.165, 1.54) is 0 Å². The lowest BCUT2D eigenvalue weighted by molar-refractivity contribution is -0.165. The summed E-state index contributed by atoms with van der Waals surface area (Å²) in [6.07, 6.45) is 0.0329. The predicted octanol–water partition coefficient (Wildman–Crippen LogP) is 1.63. The smallest absolute Gasteiger partial charge is 0.335 e. The van der Waals surface area contributed by atoms with E-state index in [1.807, 2.05) is 6.92 Å². The van der Waals surface area contributed by atoms with E-state index in [4.69, 9.17) is 4.74 Å². The molecule has 0 fully saturated rings. The van der Waals surface area contributed by atoms with Gasteiger partial charge in [0, 0.05) is 0 Å². The van der Waals surface area contributed by atoms with Gasteiger partial charge in [-0.25, -0.2) is 4.79 Å². The van der Waals surface area contributed by atoms with Gasteiger partial charge in [-0.3, -0.25) is 0 Å². The molecule has 0 radical (unpaired) electrons. The van der Waals surface area contributed by atoms with Crippen LogP contribution in [0.2, 0.25) is 0 Å². The number of hydrogen-bond acceptors (Lipinski definition) is 4. The van der Waals surface area contributed by atoms with Crippen molar-refractivity contribution in [1.29, 1.82) is 0 Å². The van der Waals surface area contributed by atoms with Crippen molar-refractivity contribution in [2.75, 3.05) is 0 Å². The van der Waals surface area contributed by atoms with Crippen molar-refractivity contribution in [3.8, 4) is 0 Å². The van der Waals surface area contributed by atoms with E-state index in [1.54, 1.807) is 27.7 Å². The van der Waals surface area contributed by atoms with Crippen LogP contribution in [0.15, 0.2) is 0 Å². The molecule has 0 aromatic carbocycles. The summed E-state index contributed by atoms with van der Waals surface area (Å²) in [5.41, 5.74) is -1.42. The van der Waals surface area contributed by atoms with Crippen LogP contribution in [-0.2, 0) is 9.53 Å². The van der Waals surface area contributed by atoms with E-state index in [0.717, 1.165) is 0 Å².